The van der Waals surface area contributed by atoms with Gasteiger partial charge in [0, 0.05) is 35.3 Å². The number of Topliss-reactive ketones (excluding diaryl/α,β-unsaturated/α-hetero) is 1. The van der Waals surface area contributed by atoms with Gasteiger partial charge in [0.05, 0.1) is 5.56 Å². The van der Waals surface area contributed by atoms with Crippen LogP contribution < -0.4 is 9.47 Å². The molecule has 0 spiro atoms. The fraction of sp³-hybridized carbons (Fsp3) is 0.179. The van der Waals surface area contributed by atoms with Crippen molar-refractivity contribution in [2.24, 2.45) is 0 Å². The topological polar surface area (TPSA) is 40.5 Å². The molecule has 2 heterocycles. The van der Waals surface area contributed by atoms with Gasteiger partial charge in [-0.3, -0.25) is 4.79 Å². The zero-order valence-corrected chi connectivity index (χ0v) is 18.5. The molecule has 0 aliphatic carbocycles. The van der Waals surface area contributed by atoms with Crippen molar-refractivity contribution in [3.63, 3.8) is 0 Å². The van der Waals surface area contributed by atoms with Crippen LogP contribution in [0.1, 0.15) is 39.5 Å². The minimum atomic E-state index is -0.102. The Bertz CT molecular complexity index is 1380. The standard InChI is InChI=1S/C28H25NO3/c1-4-29-16-20(23-7-5-6-8-25(23)29)14-27-28(30)24-12-11-22(15-26(24)32-27)31-17-21-13-18(2)9-10-19(21)3/h5-16H,4,17H2,1-3H3/b27-14+. The first kappa shape index (κ1) is 20.1. The Balaban J connectivity index is 1.40. The van der Waals surface area contributed by atoms with Gasteiger partial charge >= 0.3 is 0 Å². The zero-order chi connectivity index (χ0) is 22.2. The minimum Gasteiger partial charge on any atom is -0.489 e. The lowest BCUT2D eigenvalue weighted by Gasteiger charge is -2.10. The number of allylic oxidation sites excluding steroid dienone is 1. The first-order valence-corrected chi connectivity index (χ1v) is 10.9. The van der Waals surface area contributed by atoms with Crippen molar-refractivity contribution in [2.45, 2.75) is 33.9 Å². The Morgan fingerprint density at radius 2 is 1.88 bits per heavy atom. The molecule has 0 saturated carbocycles. The quantitative estimate of drug-likeness (QED) is 0.345. The maximum atomic E-state index is 12.9. The monoisotopic (exact) mass is 423 g/mol. The predicted molar refractivity (Wildman–Crippen MR) is 127 cm³/mol. The molecule has 4 nitrogen and oxygen atoms in total. The summed E-state index contributed by atoms with van der Waals surface area (Å²) in [7, 11) is 0. The van der Waals surface area contributed by atoms with Crippen LogP contribution in [0.15, 0.2) is 72.6 Å². The summed E-state index contributed by atoms with van der Waals surface area (Å²) in [4.78, 5) is 12.9. The van der Waals surface area contributed by atoms with Crippen LogP contribution in [0, 0.1) is 13.8 Å². The van der Waals surface area contributed by atoms with Gasteiger partial charge in [-0.25, -0.2) is 0 Å². The molecule has 1 aromatic heterocycles. The average Bonchev–Trinajstić information content (AvgIpc) is 3.31. The molecule has 0 fully saturated rings. The molecule has 0 radical (unpaired) electrons. The Hall–Kier alpha value is -3.79. The Kier molecular flexibility index (Phi) is 5.06. The lowest BCUT2D eigenvalue weighted by molar-refractivity contribution is 0.101. The molecule has 0 saturated heterocycles. The van der Waals surface area contributed by atoms with Gasteiger partial charge in [-0.2, -0.15) is 0 Å². The van der Waals surface area contributed by atoms with E-state index in [1.807, 2.05) is 24.3 Å². The smallest absolute Gasteiger partial charge is 0.231 e. The highest BCUT2D eigenvalue weighted by molar-refractivity contribution is 6.15. The van der Waals surface area contributed by atoms with Gasteiger partial charge in [0.1, 0.15) is 18.1 Å². The van der Waals surface area contributed by atoms with Gasteiger partial charge in [0.2, 0.25) is 5.78 Å². The fourth-order valence-corrected chi connectivity index (χ4v) is 4.17. The number of aryl methyl sites for hydroxylation is 3. The van der Waals surface area contributed by atoms with Gasteiger partial charge in [-0.05, 0) is 56.2 Å². The van der Waals surface area contributed by atoms with Crippen LogP contribution in [0.2, 0.25) is 0 Å². The van der Waals surface area contributed by atoms with E-state index in [0.717, 1.165) is 28.6 Å². The van der Waals surface area contributed by atoms with E-state index in [1.165, 1.54) is 11.1 Å². The molecule has 160 valence electrons. The summed E-state index contributed by atoms with van der Waals surface area (Å²) in [5.74, 6) is 1.46. The lowest BCUT2D eigenvalue weighted by Crippen LogP contribution is -1.99. The van der Waals surface area contributed by atoms with Gasteiger partial charge in [-0.15, -0.1) is 0 Å². The molecule has 3 aromatic carbocycles. The maximum Gasteiger partial charge on any atom is 0.231 e. The van der Waals surface area contributed by atoms with Gasteiger partial charge in [0.15, 0.2) is 5.76 Å². The van der Waals surface area contributed by atoms with E-state index in [9.17, 15) is 4.79 Å². The first-order chi connectivity index (χ1) is 15.5. The second kappa shape index (κ2) is 8.04. The van der Waals surface area contributed by atoms with Gasteiger partial charge in [-0.1, -0.05) is 42.0 Å². The van der Waals surface area contributed by atoms with Crippen molar-refractivity contribution in [3.8, 4) is 11.5 Å². The summed E-state index contributed by atoms with van der Waals surface area (Å²) in [5.41, 5.74) is 6.23. The number of fused-ring (bicyclic) bond motifs is 2. The van der Waals surface area contributed by atoms with E-state index < -0.39 is 0 Å². The normalized spacial score (nSPS) is 14.1. The summed E-state index contributed by atoms with van der Waals surface area (Å²) in [6, 6.07) is 19.9. The van der Waals surface area contributed by atoms with Crippen molar-refractivity contribution < 1.29 is 14.3 Å². The van der Waals surface area contributed by atoms with Crippen molar-refractivity contribution in [1.82, 2.24) is 4.57 Å². The summed E-state index contributed by atoms with van der Waals surface area (Å²) in [6.07, 6.45) is 3.91. The van der Waals surface area contributed by atoms with Crippen LogP contribution in [0.3, 0.4) is 0 Å². The number of aromatic nitrogens is 1. The van der Waals surface area contributed by atoms with Crippen molar-refractivity contribution in [3.05, 3.63) is 100 Å². The summed E-state index contributed by atoms with van der Waals surface area (Å²) >= 11 is 0. The highest BCUT2D eigenvalue weighted by Crippen LogP contribution is 2.36. The summed E-state index contributed by atoms with van der Waals surface area (Å²) in [5, 5.41) is 1.10. The molecule has 0 N–H and O–H groups in total. The lowest BCUT2D eigenvalue weighted by atomic mass is 10.1. The highest BCUT2D eigenvalue weighted by Gasteiger charge is 2.28. The largest absolute Gasteiger partial charge is 0.489 e. The number of para-hydroxylation sites is 1. The minimum absolute atomic E-state index is 0.102. The predicted octanol–water partition coefficient (Wildman–Crippen LogP) is 6.47. The Morgan fingerprint density at radius 1 is 1.03 bits per heavy atom. The second-order valence-electron chi connectivity index (χ2n) is 8.20. The van der Waals surface area contributed by atoms with Gasteiger partial charge in [0.25, 0.3) is 0 Å². The first-order valence-electron chi connectivity index (χ1n) is 10.9. The van der Waals surface area contributed by atoms with E-state index in [1.54, 1.807) is 12.1 Å². The molecular formula is C28H25NO3. The molecule has 1 aliphatic rings. The average molecular weight is 424 g/mol. The molecule has 4 aromatic rings. The molecule has 32 heavy (non-hydrogen) atoms. The SMILES string of the molecule is CCn1cc(/C=C2/Oc3cc(OCc4cc(C)ccc4C)ccc3C2=O)c2ccccc21. The fourth-order valence-electron chi connectivity index (χ4n) is 4.17. The van der Waals surface area contributed by atoms with Crippen molar-refractivity contribution in [2.75, 3.05) is 0 Å². The molecule has 0 unspecified atom stereocenters. The van der Waals surface area contributed by atoms with Crippen LogP contribution in [-0.2, 0) is 13.2 Å². The van der Waals surface area contributed by atoms with Gasteiger partial charge < -0.3 is 14.0 Å². The van der Waals surface area contributed by atoms with Crippen LogP contribution in [-0.4, -0.2) is 10.4 Å². The third-order valence-electron chi connectivity index (χ3n) is 5.99. The van der Waals surface area contributed by atoms with E-state index in [0.29, 0.717) is 29.4 Å². The number of ketones is 1. The van der Waals surface area contributed by atoms with Crippen molar-refractivity contribution in [1.29, 1.82) is 0 Å². The van der Waals surface area contributed by atoms with Crippen LogP contribution >= 0.6 is 0 Å². The third-order valence-corrected chi connectivity index (χ3v) is 5.99. The summed E-state index contributed by atoms with van der Waals surface area (Å²) < 4.78 is 14.2. The Morgan fingerprint density at radius 3 is 2.72 bits per heavy atom. The van der Waals surface area contributed by atoms with E-state index in [4.69, 9.17) is 9.47 Å². The number of nitrogens with zero attached hydrogens (tertiary/aromatic N) is 1. The van der Waals surface area contributed by atoms with E-state index in [-0.39, 0.29) is 5.78 Å². The number of hydrogen-bond donors (Lipinski definition) is 0. The number of rotatable bonds is 5. The van der Waals surface area contributed by atoms with E-state index >= 15 is 0 Å². The number of benzene rings is 3. The molecular weight excluding hydrogens is 398 g/mol. The van der Waals surface area contributed by atoms with E-state index in [2.05, 4.69) is 61.9 Å². The molecule has 4 heteroatoms. The zero-order valence-electron chi connectivity index (χ0n) is 18.5. The van der Waals surface area contributed by atoms with Crippen LogP contribution in [0.5, 0.6) is 11.5 Å². The highest BCUT2D eigenvalue weighted by atomic mass is 16.5. The summed E-state index contributed by atoms with van der Waals surface area (Å²) in [6.45, 7) is 7.59. The van der Waals surface area contributed by atoms with Crippen LogP contribution in [0.4, 0.5) is 0 Å². The molecule has 0 bridgehead atoms. The molecule has 0 amide bonds. The number of carbonyl (C=O) groups is 1. The molecule has 5 rings (SSSR count). The maximum absolute atomic E-state index is 12.9. The second-order valence-corrected chi connectivity index (χ2v) is 8.20. The molecule has 1 aliphatic heterocycles. The number of carbonyl (C=O) groups excluding carboxylic acids is 1. The number of ether oxygens (including phenoxy) is 2. The molecule has 0 atom stereocenters. The van der Waals surface area contributed by atoms with Crippen molar-refractivity contribution >= 4 is 22.8 Å². The Labute approximate surface area is 187 Å². The van der Waals surface area contributed by atoms with Crippen LogP contribution in [0.25, 0.3) is 17.0 Å². The number of hydrogen-bond acceptors (Lipinski definition) is 3. The third kappa shape index (κ3) is 3.58.